The van der Waals surface area contributed by atoms with Crippen molar-refractivity contribution in [1.82, 2.24) is 4.98 Å². The number of benzene rings is 1. The molecule has 3 heteroatoms. The first-order chi connectivity index (χ1) is 7.00. The maximum absolute atomic E-state index is 13.6. The summed E-state index contributed by atoms with van der Waals surface area (Å²) in [6.07, 6.45) is 0. The number of H-pyrrole nitrogens is 1. The summed E-state index contributed by atoms with van der Waals surface area (Å²) in [5.41, 5.74) is 0.529. The van der Waals surface area contributed by atoms with Crippen LogP contribution in [0.5, 0.6) is 0 Å². The van der Waals surface area contributed by atoms with Crippen LogP contribution in [0.15, 0.2) is 24.3 Å². The third-order valence-corrected chi connectivity index (χ3v) is 2.39. The predicted octanol–water partition coefficient (Wildman–Crippen LogP) is 3.24. The zero-order chi connectivity index (χ0) is 11.1. The number of alkyl halides is 1. The predicted molar refractivity (Wildman–Crippen MR) is 57.1 cm³/mol. The molecule has 0 radical (unpaired) electrons. The summed E-state index contributed by atoms with van der Waals surface area (Å²) in [5, 5.41) is 9.65. The molecule has 76 valence electrons. The Labute approximate surface area is 87.3 Å². The van der Waals surface area contributed by atoms with Crippen LogP contribution in [-0.2, 0) is 5.67 Å². The summed E-state index contributed by atoms with van der Waals surface area (Å²) in [6, 6.07) is 9.10. The molecule has 0 saturated carbocycles. The van der Waals surface area contributed by atoms with Crippen LogP contribution in [0.2, 0.25) is 0 Å². The van der Waals surface area contributed by atoms with Gasteiger partial charge in [-0.25, -0.2) is 4.39 Å². The van der Waals surface area contributed by atoms with Crippen LogP contribution in [0.4, 0.5) is 4.39 Å². The highest BCUT2D eigenvalue weighted by Gasteiger charge is 2.20. The van der Waals surface area contributed by atoms with E-state index in [4.69, 9.17) is 5.26 Å². The number of hydrogen-bond donors (Lipinski definition) is 1. The van der Waals surface area contributed by atoms with Crippen molar-refractivity contribution in [2.24, 2.45) is 0 Å². The Bertz CT molecular complexity index is 541. The molecule has 1 aromatic carbocycles. The average Bonchev–Trinajstić information content (AvgIpc) is 2.59. The van der Waals surface area contributed by atoms with Gasteiger partial charge in [-0.15, -0.1) is 0 Å². The Morgan fingerprint density at radius 3 is 2.67 bits per heavy atom. The number of hydrogen-bond acceptors (Lipinski definition) is 1. The molecule has 0 spiro atoms. The highest BCUT2D eigenvalue weighted by atomic mass is 19.1. The van der Waals surface area contributed by atoms with Gasteiger partial charge in [-0.2, -0.15) is 5.26 Å². The van der Waals surface area contributed by atoms with E-state index in [-0.39, 0.29) is 0 Å². The summed E-state index contributed by atoms with van der Waals surface area (Å²) in [4.78, 5) is 2.98. The molecule has 1 heterocycles. The van der Waals surface area contributed by atoms with E-state index in [1.165, 1.54) is 13.8 Å². The molecule has 0 aliphatic rings. The second-order valence-electron chi connectivity index (χ2n) is 4.07. The zero-order valence-corrected chi connectivity index (χ0v) is 8.63. The largest absolute Gasteiger partial charge is 0.356 e. The van der Waals surface area contributed by atoms with Gasteiger partial charge in [0.1, 0.15) is 5.67 Å². The number of rotatable bonds is 1. The van der Waals surface area contributed by atoms with Crippen LogP contribution in [0.1, 0.15) is 25.1 Å². The molecule has 1 N–H and O–H groups in total. The lowest BCUT2D eigenvalue weighted by molar-refractivity contribution is 0.215. The van der Waals surface area contributed by atoms with Gasteiger partial charge in [0, 0.05) is 5.52 Å². The minimum absolute atomic E-state index is 0.535. The average molecular weight is 202 g/mol. The maximum Gasteiger partial charge on any atom is 0.145 e. The summed E-state index contributed by atoms with van der Waals surface area (Å²) in [6.45, 7) is 3.01. The Kier molecular flexibility index (Phi) is 2.01. The van der Waals surface area contributed by atoms with Crippen LogP contribution in [0.25, 0.3) is 10.9 Å². The van der Waals surface area contributed by atoms with Crippen LogP contribution in [-0.4, -0.2) is 4.98 Å². The SMILES string of the molecule is CC(C)(F)c1cc2ccc(C#N)cc2[nH]1. The van der Waals surface area contributed by atoms with Crippen LogP contribution >= 0.6 is 0 Å². The van der Waals surface area contributed by atoms with Crippen LogP contribution < -0.4 is 0 Å². The van der Waals surface area contributed by atoms with E-state index >= 15 is 0 Å². The molecule has 15 heavy (non-hydrogen) atoms. The van der Waals surface area contributed by atoms with E-state index in [1.807, 2.05) is 6.07 Å². The summed E-state index contributed by atoms with van der Waals surface area (Å²) >= 11 is 0. The number of halogens is 1. The minimum Gasteiger partial charge on any atom is -0.356 e. The van der Waals surface area contributed by atoms with Gasteiger partial charge < -0.3 is 4.98 Å². The smallest absolute Gasteiger partial charge is 0.145 e. The van der Waals surface area contributed by atoms with E-state index in [9.17, 15) is 4.39 Å². The summed E-state index contributed by atoms with van der Waals surface area (Å²) < 4.78 is 13.6. The zero-order valence-electron chi connectivity index (χ0n) is 8.63. The second kappa shape index (κ2) is 3.09. The van der Waals surface area contributed by atoms with E-state index in [0.717, 1.165) is 10.9 Å². The van der Waals surface area contributed by atoms with Crippen molar-refractivity contribution in [3.63, 3.8) is 0 Å². The fourth-order valence-electron chi connectivity index (χ4n) is 1.52. The third kappa shape index (κ3) is 1.71. The van der Waals surface area contributed by atoms with Crippen LogP contribution in [0.3, 0.4) is 0 Å². The lowest BCUT2D eigenvalue weighted by Crippen LogP contribution is -2.08. The van der Waals surface area contributed by atoms with Gasteiger partial charge in [-0.3, -0.25) is 0 Å². The standard InChI is InChI=1S/C12H11FN2/c1-12(2,13)11-6-9-4-3-8(7-14)5-10(9)15-11/h3-6,15H,1-2H3. The Hall–Kier alpha value is -1.82. The van der Waals surface area contributed by atoms with Crippen molar-refractivity contribution < 1.29 is 4.39 Å². The fourth-order valence-corrected chi connectivity index (χ4v) is 1.52. The first kappa shape index (κ1) is 9.72. The number of nitrogens with one attached hydrogen (secondary N) is 1. The molecule has 2 nitrogen and oxygen atoms in total. The summed E-state index contributed by atoms with van der Waals surface area (Å²) in [5.74, 6) is 0. The molecule has 1 aromatic heterocycles. The number of nitrogens with zero attached hydrogens (tertiary/aromatic N) is 1. The Morgan fingerprint density at radius 1 is 1.33 bits per heavy atom. The quantitative estimate of drug-likeness (QED) is 0.757. The third-order valence-electron chi connectivity index (χ3n) is 2.39. The molecule has 0 aliphatic heterocycles. The van der Waals surface area contributed by atoms with Gasteiger partial charge in [-0.05, 0) is 37.4 Å². The second-order valence-corrected chi connectivity index (χ2v) is 4.07. The van der Waals surface area contributed by atoms with E-state index < -0.39 is 5.67 Å². The highest BCUT2D eigenvalue weighted by molar-refractivity contribution is 5.82. The fraction of sp³-hybridized carbons (Fsp3) is 0.250. The van der Waals surface area contributed by atoms with Gasteiger partial charge >= 0.3 is 0 Å². The van der Waals surface area contributed by atoms with Crippen molar-refractivity contribution in [2.45, 2.75) is 19.5 Å². The monoisotopic (exact) mass is 202 g/mol. The molecule has 0 fully saturated rings. The first-order valence-corrected chi connectivity index (χ1v) is 4.73. The van der Waals surface area contributed by atoms with Gasteiger partial charge in [0.15, 0.2) is 0 Å². The van der Waals surface area contributed by atoms with Crippen LogP contribution in [0, 0.1) is 11.3 Å². The Morgan fingerprint density at radius 2 is 2.07 bits per heavy atom. The number of aromatic amines is 1. The molecule has 0 amide bonds. The Balaban J connectivity index is 2.62. The lowest BCUT2D eigenvalue weighted by Gasteiger charge is -2.10. The van der Waals surface area contributed by atoms with Crippen molar-refractivity contribution >= 4 is 10.9 Å². The number of fused-ring (bicyclic) bond motifs is 1. The molecule has 0 saturated heterocycles. The minimum atomic E-state index is -1.38. The van der Waals surface area contributed by atoms with Crippen molar-refractivity contribution in [3.05, 3.63) is 35.5 Å². The number of nitriles is 1. The van der Waals surface area contributed by atoms with Gasteiger partial charge in [-0.1, -0.05) is 6.07 Å². The van der Waals surface area contributed by atoms with Crippen molar-refractivity contribution in [2.75, 3.05) is 0 Å². The molecular weight excluding hydrogens is 191 g/mol. The van der Waals surface area contributed by atoms with Crippen molar-refractivity contribution in [3.8, 4) is 6.07 Å². The lowest BCUT2D eigenvalue weighted by atomic mass is 10.1. The number of aromatic nitrogens is 1. The first-order valence-electron chi connectivity index (χ1n) is 4.73. The molecular formula is C12H11FN2. The molecule has 0 bridgehead atoms. The molecule has 0 unspecified atom stereocenters. The van der Waals surface area contributed by atoms with Gasteiger partial charge in [0.25, 0.3) is 0 Å². The summed E-state index contributed by atoms with van der Waals surface area (Å²) in [7, 11) is 0. The van der Waals surface area contributed by atoms with E-state index in [0.29, 0.717) is 11.3 Å². The molecule has 2 rings (SSSR count). The topological polar surface area (TPSA) is 39.6 Å². The van der Waals surface area contributed by atoms with Crippen molar-refractivity contribution in [1.29, 1.82) is 5.26 Å². The van der Waals surface area contributed by atoms with E-state index in [1.54, 1.807) is 18.2 Å². The molecule has 0 aliphatic carbocycles. The maximum atomic E-state index is 13.6. The molecule has 0 atom stereocenters. The normalized spacial score (nSPS) is 11.6. The van der Waals surface area contributed by atoms with Gasteiger partial charge in [0.2, 0.25) is 0 Å². The molecule has 2 aromatic rings. The van der Waals surface area contributed by atoms with Gasteiger partial charge in [0.05, 0.1) is 17.3 Å². The highest BCUT2D eigenvalue weighted by Crippen LogP contribution is 2.27. The van der Waals surface area contributed by atoms with E-state index in [2.05, 4.69) is 11.1 Å².